The maximum Gasteiger partial charge on any atom is 0.255 e. The third kappa shape index (κ3) is 3.39. The molecule has 0 saturated heterocycles. The van der Waals surface area contributed by atoms with E-state index in [1.54, 1.807) is 43.5 Å². The Kier molecular flexibility index (Phi) is 4.40. The third-order valence-electron chi connectivity index (χ3n) is 3.41. The van der Waals surface area contributed by atoms with Crippen LogP contribution in [0.5, 0.6) is 11.5 Å². The highest BCUT2D eigenvalue weighted by Crippen LogP contribution is 2.39. The molecule has 22 heavy (non-hydrogen) atoms. The highest BCUT2D eigenvalue weighted by molar-refractivity contribution is 6.05. The number of methoxy groups -OCH3 is 1. The molecule has 0 aromatic heterocycles. The molecule has 2 aromatic carbocycles. The summed E-state index contributed by atoms with van der Waals surface area (Å²) < 4.78 is 5.27. The van der Waals surface area contributed by atoms with Crippen LogP contribution in [0, 0.1) is 0 Å². The van der Waals surface area contributed by atoms with Crippen molar-refractivity contribution in [3.63, 3.8) is 0 Å². The number of hydrogen-bond donors (Lipinski definition) is 2. The summed E-state index contributed by atoms with van der Waals surface area (Å²) in [5.41, 5.74) is 1.32. The van der Waals surface area contributed by atoms with E-state index in [1.165, 1.54) is 0 Å². The molecule has 2 N–H and O–H groups in total. The number of carbonyl (C=O) groups excluding carboxylic acids is 1. The molecule has 116 valence electrons. The lowest BCUT2D eigenvalue weighted by Gasteiger charge is -2.23. The Morgan fingerprint density at radius 3 is 2.32 bits per heavy atom. The summed E-state index contributed by atoms with van der Waals surface area (Å²) in [4.78, 5) is 12.3. The lowest BCUT2D eigenvalue weighted by Crippen LogP contribution is -2.15. The topological polar surface area (TPSA) is 58.6 Å². The van der Waals surface area contributed by atoms with Crippen molar-refractivity contribution in [2.45, 2.75) is 26.2 Å². The molecule has 0 aliphatic carbocycles. The van der Waals surface area contributed by atoms with Gasteiger partial charge in [0.1, 0.15) is 11.5 Å². The number of rotatable bonds is 3. The van der Waals surface area contributed by atoms with Crippen LogP contribution in [0.25, 0.3) is 0 Å². The summed E-state index contributed by atoms with van der Waals surface area (Å²) in [6.45, 7) is 5.97. The van der Waals surface area contributed by atoms with Gasteiger partial charge in [0, 0.05) is 17.2 Å². The van der Waals surface area contributed by atoms with Crippen LogP contribution in [0.4, 0.5) is 5.69 Å². The SMILES string of the molecule is COc1cc(NC(=O)c2ccccc2)c(O)c(C(C)(C)C)c1. The number of aromatic hydroxyl groups is 1. The van der Waals surface area contributed by atoms with Crippen LogP contribution < -0.4 is 10.1 Å². The van der Waals surface area contributed by atoms with Gasteiger partial charge in [-0.3, -0.25) is 4.79 Å². The molecule has 0 bridgehead atoms. The van der Waals surface area contributed by atoms with Crippen LogP contribution >= 0.6 is 0 Å². The van der Waals surface area contributed by atoms with Gasteiger partial charge in [0.15, 0.2) is 0 Å². The molecule has 0 aliphatic rings. The predicted molar refractivity (Wildman–Crippen MR) is 87.8 cm³/mol. The molecular formula is C18H21NO3. The lowest BCUT2D eigenvalue weighted by atomic mass is 9.85. The summed E-state index contributed by atoms with van der Waals surface area (Å²) in [6, 6.07) is 12.3. The van der Waals surface area contributed by atoms with Gasteiger partial charge in [0.05, 0.1) is 12.8 Å². The van der Waals surface area contributed by atoms with E-state index in [2.05, 4.69) is 5.32 Å². The first kappa shape index (κ1) is 15.9. The summed E-state index contributed by atoms with van der Waals surface area (Å²) in [5.74, 6) is 0.382. The van der Waals surface area contributed by atoms with E-state index in [4.69, 9.17) is 4.74 Å². The van der Waals surface area contributed by atoms with Gasteiger partial charge in [-0.2, -0.15) is 0 Å². The normalized spacial score (nSPS) is 11.1. The Bertz CT molecular complexity index is 673. The minimum absolute atomic E-state index is 0.0672. The van der Waals surface area contributed by atoms with Crippen molar-refractivity contribution in [2.24, 2.45) is 0 Å². The molecule has 4 heteroatoms. The fourth-order valence-corrected chi connectivity index (χ4v) is 2.18. The molecule has 0 atom stereocenters. The second kappa shape index (κ2) is 6.10. The highest BCUT2D eigenvalue weighted by atomic mass is 16.5. The average molecular weight is 299 g/mol. The van der Waals surface area contributed by atoms with Gasteiger partial charge in [0.25, 0.3) is 5.91 Å². The molecule has 0 radical (unpaired) electrons. The van der Waals surface area contributed by atoms with Crippen molar-refractivity contribution in [1.82, 2.24) is 0 Å². The number of nitrogens with one attached hydrogen (secondary N) is 1. The molecule has 1 amide bonds. The minimum Gasteiger partial charge on any atom is -0.505 e. The summed E-state index contributed by atoms with van der Waals surface area (Å²) in [6.07, 6.45) is 0. The monoisotopic (exact) mass is 299 g/mol. The molecule has 0 saturated carbocycles. The van der Waals surface area contributed by atoms with Crippen LogP contribution in [0.2, 0.25) is 0 Å². The van der Waals surface area contributed by atoms with Gasteiger partial charge in [-0.05, 0) is 23.6 Å². The molecular weight excluding hydrogens is 278 g/mol. The molecule has 2 rings (SSSR count). The summed E-state index contributed by atoms with van der Waals surface area (Å²) >= 11 is 0. The van der Waals surface area contributed by atoms with Crippen LogP contribution in [0.3, 0.4) is 0 Å². The van der Waals surface area contributed by atoms with E-state index in [1.807, 2.05) is 26.8 Å². The zero-order valence-electron chi connectivity index (χ0n) is 13.3. The second-order valence-corrected chi connectivity index (χ2v) is 6.14. The first-order valence-electron chi connectivity index (χ1n) is 7.11. The van der Waals surface area contributed by atoms with E-state index >= 15 is 0 Å². The van der Waals surface area contributed by atoms with Gasteiger partial charge in [-0.25, -0.2) is 0 Å². The van der Waals surface area contributed by atoms with Gasteiger partial charge in [-0.15, -0.1) is 0 Å². The van der Waals surface area contributed by atoms with E-state index < -0.39 is 0 Å². The number of anilines is 1. The van der Waals surface area contributed by atoms with Gasteiger partial charge >= 0.3 is 0 Å². The van der Waals surface area contributed by atoms with Crippen molar-refractivity contribution in [2.75, 3.05) is 12.4 Å². The summed E-state index contributed by atoms with van der Waals surface area (Å²) in [5, 5.41) is 13.2. The quantitative estimate of drug-likeness (QED) is 0.844. The molecule has 0 unspecified atom stereocenters. The number of ether oxygens (including phenoxy) is 1. The predicted octanol–water partition coefficient (Wildman–Crippen LogP) is 3.95. The molecule has 0 spiro atoms. The van der Waals surface area contributed by atoms with Crippen LogP contribution in [-0.4, -0.2) is 18.1 Å². The van der Waals surface area contributed by atoms with Crippen molar-refractivity contribution in [3.8, 4) is 11.5 Å². The van der Waals surface area contributed by atoms with Crippen LogP contribution in [-0.2, 0) is 5.41 Å². The van der Waals surface area contributed by atoms with E-state index in [9.17, 15) is 9.90 Å². The zero-order chi connectivity index (χ0) is 16.3. The first-order chi connectivity index (χ1) is 10.3. The Morgan fingerprint density at radius 1 is 1.14 bits per heavy atom. The molecule has 0 aliphatic heterocycles. The molecule has 4 nitrogen and oxygen atoms in total. The van der Waals surface area contributed by atoms with Crippen molar-refractivity contribution in [1.29, 1.82) is 0 Å². The van der Waals surface area contributed by atoms with Crippen LogP contribution in [0.15, 0.2) is 42.5 Å². The number of hydrogen-bond acceptors (Lipinski definition) is 3. The van der Waals surface area contributed by atoms with E-state index in [0.717, 1.165) is 5.56 Å². The van der Waals surface area contributed by atoms with Gasteiger partial charge in [0.2, 0.25) is 0 Å². The standard InChI is InChI=1S/C18H21NO3/c1-18(2,3)14-10-13(22-4)11-15(16(14)20)19-17(21)12-8-6-5-7-9-12/h5-11,20H,1-4H3,(H,19,21). The fraction of sp³-hybridized carbons (Fsp3) is 0.278. The maximum absolute atomic E-state index is 12.3. The highest BCUT2D eigenvalue weighted by Gasteiger charge is 2.22. The molecule has 0 fully saturated rings. The molecule has 0 heterocycles. The zero-order valence-corrected chi connectivity index (χ0v) is 13.3. The Hall–Kier alpha value is -2.49. The van der Waals surface area contributed by atoms with Gasteiger partial charge in [-0.1, -0.05) is 39.0 Å². The fourth-order valence-electron chi connectivity index (χ4n) is 2.18. The van der Waals surface area contributed by atoms with Crippen molar-refractivity contribution < 1.29 is 14.6 Å². The third-order valence-corrected chi connectivity index (χ3v) is 3.41. The number of phenols is 1. The number of phenolic OH excluding ortho intramolecular Hbond substituents is 1. The Labute approximate surface area is 130 Å². The largest absolute Gasteiger partial charge is 0.505 e. The van der Waals surface area contributed by atoms with E-state index in [-0.39, 0.29) is 17.1 Å². The van der Waals surface area contributed by atoms with Crippen LogP contribution in [0.1, 0.15) is 36.7 Å². The first-order valence-corrected chi connectivity index (χ1v) is 7.11. The maximum atomic E-state index is 12.3. The Balaban J connectivity index is 2.41. The van der Waals surface area contributed by atoms with Crippen molar-refractivity contribution >= 4 is 11.6 Å². The number of benzene rings is 2. The molecule has 2 aromatic rings. The van der Waals surface area contributed by atoms with E-state index in [0.29, 0.717) is 17.0 Å². The van der Waals surface area contributed by atoms with Crippen molar-refractivity contribution in [3.05, 3.63) is 53.6 Å². The minimum atomic E-state index is -0.274. The second-order valence-electron chi connectivity index (χ2n) is 6.14. The number of amides is 1. The smallest absolute Gasteiger partial charge is 0.255 e. The lowest BCUT2D eigenvalue weighted by molar-refractivity contribution is 0.102. The average Bonchev–Trinajstić information content (AvgIpc) is 2.49. The summed E-state index contributed by atoms with van der Waals surface area (Å²) in [7, 11) is 1.56. The van der Waals surface area contributed by atoms with Gasteiger partial charge < -0.3 is 15.2 Å². The Morgan fingerprint density at radius 2 is 1.77 bits per heavy atom. The number of carbonyl (C=O) groups is 1.